The van der Waals surface area contributed by atoms with Crippen molar-refractivity contribution < 1.29 is 4.42 Å². The second kappa shape index (κ2) is 3.59. The summed E-state index contributed by atoms with van der Waals surface area (Å²) in [6.07, 6.45) is 5.36. The molecule has 3 aromatic rings. The third-order valence-corrected chi connectivity index (χ3v) is 3.67. The van der Waals surface area contributed by atoms with Crippen LogP contribution in [0.3, 0.4) is 0 Å². The minimum Gasteiger partial charge on any atom is -0.421 e. The number of imidazole rings is 1. The number of rotatable bonds is 2. The van der Waals surface area contributed by atoms with Gasteiger partial charge in [-0.2, -0.15) is 0 Å². The highest BCUT2D eigenvalue weighted by Gasteiger charge is 2.16. The van der Waals surface area contributed by atoms with Crippen LogP contribution in [0.5, 0.6) is 0 Å². The summed E-state index contributed by atoms with van der Waals surface area (Å²) < 4.78 is 7.39. The predicted octanol–water partition coefficient (Wildman–Crippen LogP) is 2.76. The number of fused-ring (bicyclic) bond motifs is 1. The third kappa shape index (κ3) is 1.61. The molecular weight excluding hydrogens is 236 g/mol. The Balaban J connectivity index is 2.11. The van der Waals surface area contributed by atoms with Crippen molar-refractivity contribution in [2.24, 2.45) is 0 Å². The second-order valence-corrected chi connectivity index (χ2v) is 5.19. The zero-order valence-electron chi connectivity index (χ0n) is 9.54. The Morgan fingerprint density at radius 1 is 1.47 bits per heavy atom. The van der Waals surface area contributed by atoms with Crippen molar-refractivity contribution in [2.75, 3.05) is 5.73 Å². The van der Waals surface area contributed by atoms with E-state index in [9.17, 15) is 0 Å². The highest BCUT2D eigenvalue weighted by Crippen LogP contribution is 2.34. The average Bonchev–Trinajstić information content (AvgIpc) is 2.88. The van der Waals surface area contributed by atoms with Gasteiger partial charge < -0.3 is 10.2 Å². The molecule has 0 atom stereocenters. The molecule has 2 N–H and O–H groups in total. The summed E-state index contributed by atoms with van der Waals surface area (Å²) in [6.45, 7) is 4.19. The van der Waals surface area contributed by atoms with E-state index in [4.69, 9.17) is 10.2 Å². The molecule has 3 aromatic heterocycles. The molecule has 3 heterocycles. The lowest BCUT2D eigenvalue weighted by Crippen LogP contribution is -1.86. The van der Waals surface area contributed by atoms with Crippen LogP contribution in [0.2, 0.25) is 0 Å². The maximum Gasteiger partial charge on any atom is 0.306 e. The largest absolute Gasteiger partial charge is 0.421 e. The number of oxazole rings is 1. The summed E-state index contributed by atoms with van der Waals surface area (Å²) >= 11 is 1.51. The number of anilines is 1. The number of hydrogen-bond acceptors (Lipinski definition) is 5. The van der Waals surface area contributed by atoms with Crippen molar-refractivity contribution in [1.82, 2.24) is 14.4 Å². The van der Waals surface area contributed by atoms with Crippen LogP contribution in [0, 0.1) is 0 Å². The summed E-state index contributed by atoms with van der Waals surface area (Å²) in [5.41, 5.74) is 6.68. The molecule has 0 unspecified atom stereocenters. The lowest BCUT2D eigenvalue weighted by Gasteiger charge is -1.95. The Kier molecular flexibility index (Phi) is 2.19. The minimum atomic E-state index is 0.370. The highest BCUT2D eigenvalue weighted by atomic mass is 32.1. The van der Waals surface area contributed by atoms with E-state index >= 15 is 0 Å². The van der Waals surface area contributed by atoms with Crippen molar-refractivity contribution in [3.8, 4) is 11.5 Å². The summed E-state index contributed by atoms with van der Waals surface area (Å²) in [5.74, 6) is 1.59. The van der Waals surface area contributed by atoms with Crippen LogP contribution < -0.4 is 5.73 Å². The van der Waals surface area contributed by atoms with Gasteiger partial charge >= 0.3 is 5.84 Å². The molecule has 0 amide bonds. The standard InChI is InChI=1S/C11H12N4OS/c1-6(2)10-14-8(9(12)17-10)7-5-15-4-3-13-11(15)16-7/h3-6H,12H2,1-2H3. The molecule has 0 fully saturated rings. The summed E-state index contributed by atoms with van der Waals surface area (Å²) in [4.78, 5) is 8.58. The molecule has 6 heteroatoms. The van der Waals surface area contributed by atoms with Gasteiger partial charge in [-0.25, -0.2) is 9.97 Å². The quantitative estimate of drug-likeness (QED) is 0.757. The normalized spacial score (nSPS) is 11.7. The van der Waals surface area contributed by atoms with E-state index in [2.05, 4.69) is 23.8 Å². The van der Waals surface area contributed by atoms with Gasteiger partial charge in [0.15, 0.2) is 5.76 Å². The second-order valence-electron chi connectivity index (χ2n) is 4.13. The highest BCUT2D eigenvalue weighted by molar-refractivity contribution is 7.16. The molecule has 0 saturated carbocycles. The fourth-order valence-corrected chi connectivity index (χ4v) is 2.45. The maximum absolute atomic E-state index is 5.97. The monoisotopic (exact) mass is 248 g/mol. The summed E-state index contributed by atoms with van der Waals surface area (Å²) in [7, 11) is 0. The number of hydrogen-bond donors (Lipinski definition) is 1. The Labute approximate surface area is 102 Å². The van der Waals surface area contributed by atoms with Crippen LogP contribution >= 0.6 is 11.3 Å². The SMILES string of the molecule is CC(C)c1nc(-c2cn3ccnc3o2)c(N)s1. The molecule has 0 aromatic carbocycles. The van der Waals surface area contributed by atoms with E-state index in [-0.39, 0.29) is 0 Å². The Morgan fingerprint density at radius 3 is 2.94 bits per heavy atom. The molecule has 0 saturated heterocycles. The van der Waals surface area contributed by atoms with E-state index in [0.29, 0.717) is 28.2 Å². The number of nitrogens with two attached hydrogens (primary N) is 1. The van der Waals surface area contributed by atoms with Crippen LogP contribution in [0.15, 0.2) is 23.0 Å². The van der Waals surface area contributed by atoms with Crippen molar-refractivity contribution in [2.45, 2.75) is 19.8 Å². The molecule has 0 spiro atoms. The van der Waals surface area contributed by atoms with Gasteiger partial charge in [-0.05, 0) is 0 Å². The van der Waals surface area contributed by atoms with Crippen LogP contribution in [0.1, 0.15) is 24.8 Å². The number of aromatic nitrogens is 3. The zero-order valence-corrected chi connectivity index (χ0v) is 10.4. The first kappa shape index (κ1) is 10.3. The van der Waals surface area contributed by atoms with Crippen molar-refractivity contribution in [3.05, 3.63) is 23.6 Å². The molecule has 5 nitrogen and oxygen atoms in total. The summed E-state index contributed by atoms with van der Waals surface area (Å²) in [6, 6.07) is 0. The Bertz CT molecular complexity index is 635. The van der Waals surface area contributed by atoms with E-state index in [1.54, 1.807) is 6.20 Å². The smallest absolute Gasteiger partial charge is 0.306 e. The van der Waals surface area contributed by atoms with Gasteiger partial charge in [-0.15, -0.1) is 11.3 Å². The van der Waals surface area contributed by atoms with Crippen LogP contribution in [0.25, 0.3) is 17.3 Å². The predicted molar refractivity (Wildman–Crippen MR) is 67.1 cm³/mol. The lowest BCUT2D eigenvalue weighted by molar-refractivity contribution is 0.608. The zero-order chi connectivity index (χ0) is 12.0. The number of nitrogen functional groups attached to an aromatic ring is 1. The topological polar surface area (TPSA) is 69.3 Å². The van der Waals surface area contributed by atoms with Gasteiger partial charge in [0, 0.05) is 18.3 Å². The Morgan fingerprint density at radius 2 is 2.29 bits per heavy atom. The number of nitrogens with zero attached hydrogens (tertiary/aromatic N) is 3. The number of thiazole rings is 1. The molecule has 0 bridgehead atoms. The van der Waals surface area contributed by atoms with Crippen LogP contribution in [-0.4, -0.2) is 14.4 Å². The minimum absolute atomic E-state index is 0.370. The molecule has 0 aliphatic rings. The molecular formula is C11H12N4OS. The van der Waals surface area contributed by atoms with Gasteiger partial charge in [0.25, 0.3) is 0 Å². The summed E-state index contributed by atoms with van der Waals surface area (Å²) in [5, 5.41) is 1.71. The molecule has 0 aliphatic heterocycles. The van der Waals surface area contributed by atoms with Crippen LogP contribution in [0.4, 0.5) is 5.00 Å². The molecule has 0 radical (unpaired) electrons. The third-order valence-electron chi connectivity index (χ3n) is 2.49. The molecule has 17 heavy (non-hydrogen) atoms. The van der Waals surface area contributed by atoms with E-state index < -0.39 is 0 Å². The van der Waals surface area contributed by atoms with E-state index in [0.717, 1.165) is 5.01 Å². The van der Waals surface area contributed by atoms with E-state index in [1.807, 2.05) is 16.8 Å². The molecule has 0 aliphatic carbocycles. The van der Waals surface area contributed by atoms with Gasteiger partial charge in [0.2, 0.25) is 0 Å². The Hall–Kier alpha value is -1.82. The van der Waals surface area contributed by atoms with Gasteiger partial charge in [0.05, 0.1) is 11.2 Å². The van der Waals surface area contributed by atoms with Crippen LogP contribution in [-0.2, 0) is 0 Å². The molecule has 88 valence electrons. The van der Waals surface area contributed by atoms with Crippen molar-refractivity contribution in [3.63, 3.8) is 0 Å². The average molecular weight is 248 g/mol. The van der Waals surface area contributed by atoms with Gasteiger partial charge in [-0.1, -0.05) is 13.8 Å². The van der Waals surface area contributed by atoms with Gasteiger partial charge in [0.1, 0.15) is 10.7 Å². The van der Waals surface area contributed by atoms with Crippen molar-refractivity contribution in [1.29, 1.82) is 0 Å². The fraction of sp³-hybridized carbons (Fsp3) is 0.273. The first-order valence-corrected chi connectivity index (χ1v) is 6.16. The molecule has 3 rings (SSSR count). The first-order valence-electron chi connectivity index (χ1n) is 5.34. The fourth-order valence-electron chi connectivity index (χ4n) is 1.61. The lowest BCUT2D eigenvalue weighted by atomic mass is 10.2. The van der Waals surface area contributed by atoms with Crippen molar-refractivity contribution >= 4 is 22.2 Å². The van der Waals surface area contributed by atoms with E-state index in [1.165, 1.54) is 11.3 Å². The van der Waals surface area contributed by atoms with Gasteiger partial charge in [-0.3, -0.25) is 4.40 Å². The maximum atomic E-state index is 5.97. The first-order chi connectivity index (χ1) is 8.15.